The van der Waals surface area contributed by atoms with Crippen molar-refractivity contribution in [2.45, 2.75) is 6.92 Å². The van der Waals surface area contributed by atoms with E-state index >= 15 is 0 Å². The SMILES string of the molecule is COc1ccc(/C=N\Nc2nc(C)nc3ccccc23)cc1. The molecule has 0 fully saturated rings. The Morgan fingerprint density at radius 2 is 1.82 bits per heavy atom. The minimum Gasteiger partial charge on any atom is -0.497 e. The summed E-state index contributed by atoms with van der Waals surface area (Å²) in [6.45, 7) is 1.87. The summed E-state index contributed by atoms with van der Waals surface area (Å²) < 4.78 is 5.13. The van der Waals surface area contributed by atoms with Gasteiger partial charge >= 0.3 is 0 Å². The van der Waals surface area contributed by atoms with Crippen LogP contribution in [0.2, 0.25) is 0 Å². The fourth-order valence-electron chi connectivity index (χ4n) is 2.14. The number of rotatable bonds is 4. The van der Waals surface area contributed by atoms with Gasteiger partial charge in [-0.1, -0.05) is 12.1 Å². The van der Waals surface area contributed by atoms with Crippen LogP contribution in [-0.2, 0) is 0 Å². The van der Waals surface area contributed by atoms with E-state index in [1.165, 1.54) is 0 Å². The molecule has 1 aromatic heterocycles. The number of nitrogens with zero attached hydrogens (tertiary/aromatic N) is 3. The lowest BCUT2D eigenvalue weighted by molar-refractivity contribution is 0.415. The van der Waals surface area contributed by atoms with E-state index in [1.807, 2.05) is 55.5 Å². The average molecular weight is 292 g/mol. The molecule has 1 heterocycles. The molecule has 0 spiro atoms. The van der Waals surface area contributed by atoms with Gasteiger partial charge in [0.1, 0.15) is 11.6 Å². The molecular weight excluding hydrogens is 276 g/mol. The number of benzene rings is 2. The maximum Gasteiger partial charge on any atom is 0.157 e. The highest BCUT2D eigenvalue weighted by Gasteiger charge is 2.03. The first-order chi connectivity index (χ1) is 10.8. The smallest absolute Gasteiger partial charge is 0.157 e. The second-order valence-corrected chi connectivity index (χ2v) is 4.78. The first kappa shape index (κ1) is 14.0. The summed E-state index contributed by atoms with van der Waals surface area (Å²) in [4.78, 5) is 8.81. The van der Waals surface area contributed by atoms with E-state index in [2.05, 4.69) is 20.5 Å². The van der Waals surface area contributed by atoms with Crippen LogP contribution in [0.3, 0.4) is 0 Å². The van der Waals surface area contributed by atoms with Crippen molar-refractivity contribution in [3.8, 4) is 5.75 Å². The van der Waals surface area contributed by atoms with Gasteiger partial charge in [-0.15, -0.1) is 0 Å². The van der Waals surface area contributed by atoms with Crippen molar-refractivity contribution < 1.29 is 4.74 Å². The third kappa shape index (κ3) is 3.03. The normalized spacial score (nSPS) is 11.0. The number of para-hydroxylation sites is 1. The van der Waals surface area contributed by atoms with Gasteiger partial charge < -0.3 is 4.74 Å². The number of hydrogen-bond acceptors (Lipinski definition) is 5. The van der Waals surface area contributed by atoms with Gasteiger partial charge in [-0.3, -0.25) is 5.43 Å². The average Bonchev–Trinajstić information content (AvgIpc) is 2.55. The van der Waals surface area contributed by atoms with Crippen LogP contribution in [0.5, 0.6) is 5.75 Å². The highest BCUT2D eigenvalue weighted by atomic mass is 16.5. The van der Waals surface area contributed by atoms with Gasteiger partial charge in [0, 0.05) is 5.39 Å². The summed E-state index contributed by atoms with van der Waals surface area (Å²) in [5.41, 5.74) is 4.87. The van der Waals surface area contributed by atoms with Gasteiger partial charge in [0.15, 0.2) is 5.82 Å². The van der Waals surface area contributed by atoms with Crippen molar-refractivity contribution in [2.75, 3.05) is 12.5 Å². The van der Waals surface area contributed by atoms with E-state index in [1.54, 1.807) is 13.3 Å². The maximum atomic E-state index is 5.13. The van der Waals surface area contributed by atoms with Crippen LogP contribution >= 0.6 is 0 Å². The van der Waals surface area contributed by atoms with E-state index in [4.69, 9.17) is 4.74 Å². The van der Waals surface area contributed by atoms with Gasteiger partial charge in [0.2, 0.25) is 0 Å². The van der Waals surface area contributed by atoms with Crippen LogP contribution in [0.4, 0.5) is 5.82 Å². The van der Waals surface area contributed by atoms with E-state index in [0.717, 1.165) is 22.2 Å². The topological polar surface area (TPSA) is 59.4 Å². The lowest BCUT2D eigenvalue weighted by atomic mass is 10.2. The molecule has 0 amide bonds. The lowest BCUT2D eigenvalue weighted by Crippen LogP contribution is -1.98. The van der Waals surface area contributed by atoms with Crippen molar-refractivity contribution in [1.82, 2.24) is 9.97 Å². The summed E-state index contributed by atoms with van der Waals surface area (Å²) in [6, 6.07) is 15.5. The second-order valence-electron chi connectivity index (χ2n) is 4.78. The van der Waals surface area contributed by atoms with Crippen LogP contribution in [0, 0.1) is 6.92 Å². The summed E-state index contributed by atoms with van der Waals surface area (Å²) in [5.74, 6) is 2.23. The molecule has 0 atom stereocenters. The molecule has 0 saturated heterocycles. The highest BCUT2D eigenvalue weighted by Crippen LogP contribution is 2.19. The Labute approximate surface area is 128 Å². The predicted molar refractivity (Wildman–Crippen MR) is 88.5 cm³/mol. The molecule has 0 radical (unpaired) electrons. The number of aryl methyl sites for hydroxylation is 1. The van der Waals surface area contributed by atoms with Gasteiger partial charge in [0.25, 0.3) is 0 Å². The molecule has 1 N–H and O–H groups in total. The summed E-state index contributed by atoms with van der Waals surface area (Å²) in [5, 5.41) is 5.20. The Balaban J connectivity index is 1.82. The van der Waals surface area contributed by atoms with Gasteiger partial charge in [0.05, 0.1) is 18.8 Å². The molecule has 5 heteroatoms. The number of hydrazone groups is 1. The summed E-state index contributed by atoms with van der Waals surface area (Å²) >= 11 is 0. The van der Waals surface area contributed by atoms with Crippen LogP contribution in [0.15, 0.2) is 53.6 Å². The number of methoxy groups -OCH3 is 1. The third-order valence-electron chi connectivity index (χ3n) is 3.21. The monoisotopic (exact) mass is 292 g/mol. The fourth-order valence-corrected chi connectivity index (χ4v) is 2.14. The molecule has 0 saturated carbocycles. The summed E-state index contributed by atoms with van der Waals surface area (Å²) in [7, 11) is 1.65. The van der Waals surface area contributed by atoms with E-state index in [-0.39, 0.29) is 0 Å². The van der Waals surface area contributed by atoms with Gasteiger partial charge in [-0.25, -0.2) is 9.97 Å². The van der Waals surface area contributed by atoms with Crippen molar-refractivity contribution in [1.29, 1.82) is 0 Å². The first-order valence-corrected chi connectivity index (χ1v) is 6.93. The molecule has 0 aliphatic heterocycles. The largest absolute Gasteiger partial charge is 0.497 e. The van der Waals surface area contributed by atoms with Crippen molar-refractivity contribution in [2.24, 2.45) is 5.10 Å². The molecule has 0 bridgehead atoms. The van der Waals surface area contributed by atoms with Gasteiger partial charge in [-0.05, 0) is 48.9 Å². The molecule has 22 heavy (non-hydrogen) atoms. The van der Waals surface area contributed by atoms with Crippen molar-refractivity contribution >= 4 is 22.9 Å². The Hall–Kier alpha value is -2.95. The van der Waals surface area contributed by atoms with Crippen LogP contribution in [0.25, 0.3) is 10.9 Å². The zero-order chi connectivity index (χ0) is 15.4. The second kappa shape index (κ2) is 6.22. The van der Waals surface area contributed by atoms with E-state index < -0.39 is 0 Å². The Bertz CT molecular complexity index is 813. The molecule has 0 unspecified atom stereocenters. The number of fused-ring (bicyclic) bond motifs is 1. The first-order valence-electron chi connectivity index (χ1n) is 6.93. The van der Waals surface area contributed by atoms with Gasteiger partial charge in [-0.2, -0.15) is 5.10 Å². The third-order valence-corrected chi connectivity index (χ3v) is 3.21. The van der Waals surface area contributed by atoms with Crippen LogP contribution in [-0.4, -0.2) is 23.3 Å². The number of hydrogen-bond donors (Lipinski definition) is 1. The highest BCUT2D eigenvalue weighted by molar-refractivity contribution is 5.89. The molecule has 2 aromatic carbocycles. The Kier molecular flexibility index (Phi) is 3.96. The molecule has 110 valence electrons. The Morgan fingerprint density at radius 1 is 1.05 bits per heavy atom. The minimum atomic E-state index is 0.702. The predicted octanol–water partition coefficient (Wildman–Crippen LogP) is 3.39. The zero-order valence-electron chi connectivity index (χ0n) is 12.4. The number of ether oxygens (including phenoxy) is 1. The van der Waals surface area contributed by atoms with Crippen molar-refractivity contribution in [3.63, 3.8) is 0 Å². The van der Waals surface area contributed by atoms with Crippen LogP contribution < -0.4 is 10.2 Å². The van der Waals surface area contributed by atoms with Crippen molar-refractivity contribution in [3.05, 3.63) is 59.9 Å². The fraction of sp³-hybridized carbons (Fsp3) is 0.118. The molecule has 0 aliphatic rings. The lowest BCUT2D eigenvalue weighted by Gasteiger charge is -2.05. The van der Waals surface area contributed by atoms with E-state index in [0.29, 0.717) is 11.6 Å². The quantitative estimate of drug-likeness (QED) is 0.591. The molecule has 0 aliphatic carbocycles. The summed E-state index contributed by atoms with van der Waals surface area (Å²) in [6.07, 6.45) is 1.74. The van der Waals surface area contributed by atoms with Crippen LogP contribution in [0.1, 0.15) is 11.4 Å². The van der Waals surface area contributed by atoms with E-state index in [9.17, 15) is 0 Å². The standard InChI is InChI=1S/C17H16N4O/c1-12-19-16-6-4-3-5-15(16)17(20-12)21-18-11-13-7-9-14(22-2)10-8-13/h3-11H,1-2H3,(H,19,20,21)/b18-11-. The molecule has 3 aromatic rings. The number of aromatic nitrogens is 2. The number of anilines is 1. The minimum absolute atomic E-state index is 0.702. The zero-order valence-corrected chi connectivity index (χ0v) is 12.4. The maximum absolute atomic E-state index is 5.13. The Morgan fingerprint density at radius 3 is 2.59 bits per heavy atom. The molecule has 3 rings (SSSR count). The molecule has 5 nitrogen and oxygen atoms in total. The molecular formula is C17H16N4O. The number of nitrogens with one attached hydrogen (secondary N) is 1.